The molecular formula is C28H23N7S. The summed E-state index contributed by atoms with van der Waals surface area (Å²) in [6, 6.07) is 10.6. The van der Waals surface area contributed by atoms with Gasteiger partial charge < -0.3 is 10.3 Å². The number of aromatic amines is 2. The quantitative estimate of drug-likeness (QED) is 0.234. The maximum absolute atomic E-state index is 4.62. The SMILES string of the molecule is C=C(Nc1cncc(-c2cnc3n[nH]c(-c4cc5c(-c6cccs6)cncc5[nH]4)c3c2)c1)C1CCC1. The molecule has 0 amide bonds. The van der Waals surface area contributed by atoms with Crippen molar-refractivity contribution in [2.45, 2.75) is 19.3 Å². The number of thiophene rings is 1. The molecule has 6 aromatic rings. The normalized spacial score (nSPS) is 13.8. The molecule has 0 atom stereocenters. The first kappa shape index (κ1) is 21.0. The highest BCUT2D eigenvalue weighted by Crippen LogP contribution is 2.36. The van der Waals surface area contributed by atoms with Crippen LogP contribution in [0.15, 0.2) is 79.0 Å². The number of hydrogen-bond acceptors (Lipinski definition) is 6. The fourth-order valence-electron chi connectivity index (χ4n) is 4.79. The summed E-state index contributed by atoms with van der Waals surface area (Å²) in [7, 11) is 0. The predicted molar refractivity (Wildman–Crippen MR) is 146 cm³/mol. The van der Waals surface area contributed by atoms with Gasteiger partial charge in [0.15, 0.2) is 5.65 Å². The van der Waals surface area contributed by atoms with Crippen LogP contribution in [0, 0.1) is 5.92 Å². The van der Waals surface area contributed by atoms with Gasteiger partial charge in [0.25, 0.3) is 0 Å². The third-order valence-electron chi connectivity index (χ3n) is 6.99. The molecular weight excluding hydrogens is 466 g/mol. The highest BCUT2D eigenvalue weighted by atomic mass is 32.1. The smallest absolute Gasteiger partial charge is 0.181 e. The van der Waals surface area contributed by atoms with E-state index in [4.69, 9.17) is 0 Å². The van der Waals surface area contributed by atoms with Crippen molar-refractivity contribution in [3.8, 4) is 33.0 Å². The molecule has 0 unspecified atom stereocenters. The van der Waals surface area contributed by atoms with Gasteiger partial charge in [-0.2, -0.15) is 5.10 Å². The van der Waals surface area contributed by atoms with E-state index < -0.39 is 0 Å². The van der Waals surface area contributed by atoms with Crippen molar-refractivity contribution in [2.24, 2.45) is 5.92 Å². The molecule has 6 heterocycles. The largest absolute Gasteiger partial charge is 0.358 e. The first-order valence-electron chi connectivity index (χ1n) is 12.0. The monoisotopic (exact) mass is 489 g/mol. The van der Waals surface area contributed by atoms with Crippen molar-refractivity contribution in [2.75, 3.05) is 5.32 Å². The van der Waals surface area contributed by atoms with Crippen LogP contribution in [0.5, 0.6) is 0 Å². The van der Waals surface area contributed by atoms with Crippen LogP contribution in [0.4, 0.5) is 5.69 Å². The van der Waals surface area contributed by atoms with Crippen LogP contribution in [-0.2, 0) is 0 Å². The van der Waals surface area contributed by atoms with Crippen molar-refractivity contribution >= 4 is 39.0 Å². The minimum absolute atomic E-state index is 0.562. The van der Waals surface area contributed by atoms with E-state index in [2.05, 4.69) is 77.7 Å². The molecule has 6 aromatic heterocycles. The highest BCUT2D eigenvalue weighted by Gasteiger charge is 2.21. The minimum atomic E-state index is 0.562. The first-order chi connectivity index (χ1) is 17.7. The van der Waals surface area contributed by atoms with Gasteiger partial charge in [-0.25, -0.2) is 4.98 Å². The molecule has 176 valence electrons. The number of pyridine rings is 3. The molecule has 0 saturated heterocycles. The van der Waals surface area contributed by atoms with E-state index >= 15 is 0 Å². The van der Waals surface area contributed by atoms with Crippen molar-refractivity contribution < 1.29 is 0 Å². The van der Waals surface area contributed by atoms with Crippen molar-refractivity contribution in [1.29, 1.82) is 0 Å². The van der Waals surface area contributed by atoms with E-state index in [9.17, 15) is 0 Å². The van der Waals surface area contributed by atoms with Crippen LogP contribution in [0.1, 0.15) is 19.3 Å². The Morgan fingerprint density at radius 2 is 1.89 bits per heavy atom. The molecule has 0 aliphatic heterocycles. The van der Waals surface area contributed by atoms with Gasteiger partial charge in [0.1, 0.15) is 0 Å². The highest BCUT2D eigenvalue weighted by molar-refractivity contribution is 7.13. The molecule has 1 fully saturated rings. The van der Waals surface area contributed by atoms with Gasteiger partial charge in [0, 0.05) is 56.6 Å². The summed E-state index contributed by atoms with van der Waals surface area (Å²) in [6.45, 7) is 4.22. The number of H-pyrrole nitrogens is 2. The third kappa shape index (κ3) is 3.58. The van der Waals surface area contributed by atoms with Gasteiger partial charge in [-0.3, -0.25) is 15.1 Å². The number of nitrogens with zero attached hydrogens (tertiary/aromatic N) is 4. The molecule has 1 aliphatic carbocycles. The zero-order valence-corrected chi connectivity index (χ0v) is 20.3. The standard InChI is InChI=1S/C28H23N7S/c1-16(17-4-2-5-17)32-20-8-18(11-29-13-20)19-9-22-27(34-35-28(22)31-12-19)24-10-21-23(26-6-3-7-36-26)14-30-15-25(21)33-24/h3,6-15,17,32-33H,1-2,4-5H2,(H,31,34,35). The molecule has 7 rings (SSSR count). The number of hydrogen-bond donors (Lipinski definition) is 3. The molecule has 36 heavy (non-hydrogen) atoms. The number of allylic oxidation sites excluding steroid dienone is 1. The maximum Gasteiger partial charge on any atom is 0.181 e. The van der Waals surface area contributed by atoms with Crippen LogP contribution in [0.3, 0.4) is 0 Å². The van der Waals surface area contributed by atoms with Crippen molar-refractivity contribution in [1.82, 2.24) is 30.1 Å². The summed E-state index contributed by atoms with van der Waals surface area (Å²) in [6.07, 6.45) is 13.0. The lowest BCUT2D eigenvalue weighted by molar-refractivity contribution is 0.371. The van der Waals surface area contributed by atoms with E-state index in [0.29, 0.717) is 11.6 Å². The Morgan fingerprint density at radius 1 is 1.00 bits per heavy atom. The Hall–Kier alpha value is -4.30. The van der Waals surface area contributed by atoms with E-state index in [0.717, 1.165) is 55.8 Å². The lowest BCUT2D eigenvalue weighted by atomic mass is 9.83. The number of nitrogens with one attached hydrogen (secondary N) is 3. The molecule has 1 aliphatic rings. The topological polar surface area (TPSA) is 95.2 Å². The van der Waals surface area contributed by atoms with Crippen molar-refractivity contribution in [3.63, 3.8) is 0 Å². The Kier molecular flexibility index (Phi) is 4.92. The van der Waals surface area contributed by atoms with Crippen molar-refractivity contribution in [3.05, 3.63) is 79.0 Å². The average Bonchev–Trinajstić information content (AvgIpc) is 3.61. The summed E-state index contributed by atoms with van der Waals surface area (Å²) < 4.78 is 0. The van der Waals surface area contributed by atoms with Gasteiger partial charge >= 0.3 is 0 Å². The van der Waals surface area contributed by atoms with Gasteiger partial charge in [-0.1, -0.05) is 19.1 Å². The minimum Gasteiger partial charge on any atom is -0.358 e. The predicted octanol–water partition coefficient (Wildman–Crippen LogP) is 7.02. The Balaban J connectivity index is 1.26. The summed E-state index contributed by atoms with van der Waals surface area (Å²) >= 11 is 1.71. The van der Waals surface area contributed by atoms with Gasteiger partial charge in [0.2, 0.25) is 0 Å². The second-order valence-electron chi connectivity index (χ2n) is 9.24. The fraction of sp³-hybridized carbons (Fsp3) is 0.143. The first-order valence-corrected chi connectivity index (χ1v) is 12.9. The Morgan fingerprint density at radius 3 is 2.72 bits per heavy atom. The maximum atomic E-state index is 4.62. The van der Waals surface area contributed by atoms with Gasteiger partial charge in [-0.05, 0) is 48.4 Å². The number of fused-ring (bicyclic) bond motifs is 2. The second kappa shape index (κ2) is 8.42. The lowest BCUT2D eigenvalue weighted by Crippen LogP contribution is -2.18. The van der Waals surface area contributed by atoms with Crippen LogP contribution >= 0.6 is 11.3 Å². The molecule has 0 bridgehead atoms. The molecule has 8 heteroatoms. The van der Waals surface area contributed by atoms with E-state index in [-0.39, 0.29) is 0 Å². The van der Waals surface area contributed by atoms with Crippen LogP contribution < -0.4 is 5.32 Å². The van der Waals surface area contributed by atoms with E-state index in [1.54, 1.807) is 11.3 Å². The van der Waals surface area contributed by atoms with Crippen LogP contribution in [0.25, 0.3) is 54.9 Å². The molecule has 3 N–H and O–H groups in total. The zero-order valence-electron chi connectivity index (χ0n) is 19.5. The summed E-state index contributed by atoms with van der Waals surface area (Å²) in [4.78, 5) is 18.2. The summed E-state index contributed by atoms with van der Waals surface area (Å²) in [5, 5.41) is 15.2. The lowest BCUT2D eigenvalue weighted by Gasteiger charge is -2.28. The Bertz CT molecular complexity index is 1720. The molecule has 7 nitrogen and oxygen atoms in total. The molecule has 0 aromatic carbocycles. The number of aromatic nitrogens is 6. The summed E-state index contributed by atoms with van der Waals surface area (Å²) in [5.41, 5.74) is 8.60. The van der Waals surface area contributed by atoms with Gasteiger partial charge in [-0.15, -0.1) is 11.3 Å². The van der Waals surface area contributed by atoms with E-state index in [1.165, 1.54) is 24.1 Å². The number of rotatable bonds is 6. The zero-order chi connectivity index (χ0) is 24.1. The Labute approximate surface area is 211 Å². The average molecular weight is 490 g/mol. The molecule has 0 radical (unpaired) electrons. The second-order valence-corrected chi connectivity index (χ2v) is 10.2. The summed E-state index contributed by atoms with van der Waals surface area (Å²) in [5.74, 6) is 0.562. The fourth-order valence-corrected chi connectivity index (χ4v) is 5.54. The number of anilines is 1. The third-order valence-corrected chi connectivity index (χ3v) is 7.89. The van der Waals surface area contributed by atoms with Gasteiger partial charge in [0.05, 0.1) is 35.0 Å². The van der Waals surface area contributed by atoms with E-state index in [1.807, 2.05) is 31.0 Å². The van der Waals surface area contributed by atoms with Crippen LogP contribution in [0.2, 0.25) is 0 Å². The molecule has 0 spiro atoms. The molecule has 1 saturated carbocycles. The van der Waals surface area contributed by atoms with Crippen LogP contribution in [-0.4, -0.2) is 30.1 Å².